The summed E-state index contributed by atoms with van der Waals surface area (Å²) in [7, 11) is -2.79. The number of aryl methyl sites for hydroxylation is 2. The minimum atomic E-state index is -4.08. The van der Waals surface area contributed by atoms with Gasteiger partial charge in [0.25, 0.3) is 0 Å². The lowest BCUT2D eigenvalue weighted by molar-refractivity contribution is -0.120. The molecule has 1 aromatic heterocycles. The second-order valence-corrected chi connectivity index (χ2v) is 9.58. The maximum Gasteiger partial charge on any atom is 0.337 e. The molecule has 0 spiro atoms. The van der Waals surface area contributed by atoms with Crippen molar-refractivity contribution in [2.45, 2.75) is 37.8 Å². The molecule has 4 rings (SSSR count). The van der Waals surface area contributed by atoms with Crippen molar-refractivity contribution in [3.8, 4) is 0 Å². The predicted molar refractivity (Wildman–Crippen MR) is 119 cm³/mol. The average molecular weight is 470 g/mol. The number of benzene rings is 2. The van der Waals surface area contributed by atoms with Crippen LogP contribution in [0, 0.1) is 13.8 Å². The Kier molecular flexibility index (Phi) is 6.05. The fraction of sp³-hybridized carbons (Fsp3) is 0.261. The van der Waals surface area contributed by atoms with Crippen LogP contribution in [0.1, 0.15) is 32.9 Å². The number of nitrogens with zero attached hydrogens (tertiary/aromatic N) is 2. The van der Waals surface area contributed by atoms with E-state index in [0.29, 0.717) is 11.3 Å². The van der Waals surface area contributed by atoms with E-state index in [1.807, 2.05) is 24.3 Å². The number of carbonyl (C=O) groups excluding carboxylic acids is 2. The summed E-state index contributed by atoms with van der Waals surface area (Å²) < 4.78 is 38.2. The summed E-state index contributed by atoms with van der Waals surface area (Å²) in [6.07, 6.45) is 0.213. The molecule has 0 saturated carbocycles. The number of nitrogens with one attached hydrogen (secondary N) is 1. The zero-order valence-corrected chi connectivity index (χ0v) is 19.2. The highest BCUT2D eigenvalue weighted by molar-refractivity contribution is 7.89. The Balaban J connectivity index is 1.68. The van der Waals surface area contributed by atoms with E-state index >= 15 is 0 Å². The van der Waals surface area contributed by atoms with Gasteiger partial charge in [-0.15, -0.1) is 0 Å². The summed E-state index contributed by atoms with van der Waals surface area (Å²) in [5.74, 6) is -0.803. The first-order valence-corrected chi connectivity index (χ1v) is 11.7. The molecular weight excluding hydrogens is 446 g/mol. The van der Waals surface area contributed by atoms with E-state index < -0.39 is 27.9 Å². The summed E-state index contributed by atoms with van der Waals surface area (Å²) >= 11 is 0. The van der Waals surface area contributed by atoms with E-state index in [-0.39, 0.29) is 29.3 Å². The van der Waals surface area contributed by atoms with E-state index in [0.717, 1.165) is 11.1 Å². The molecule has 9 nitrogen and oxygen atoms in total. The Bertz CT molecular complexity index is 1290. The van der Waals surface area contributed by atoms with Gasteiger partial charge in [0.2, 0.25) is 15.9 Å². The molecule has 10 heteroatoms. The van der Waals surface area contributed by atoms with Crippen molar-refractivity contribution >= 4 is 27.6 Å². The molecule has 0 fully saturated rings. The molecule has 2 heterocycles. The lowest BCUT2D eigenvalue weighted by Gasteiger charge is -2.34. The molecular formula is C23H23N3O6S. The molecule has 33 heavy (non-hydrogen) atoms. The molecule has 0 bridgehead atoms. The van der Waals surface area contributed by atoms with Gasteiger partial charge in [0.05, 0.1) is 12.7 Å². The number of hydrogen-bond donors (Lipinski definition) is 1. The molecule has 0 aliphatic carbocycles. The minimum Gasteiger partial charge on any atom is -0.465 e. The van der Waals surface area contributed by atoms with Gasteiger partial charge in [-0.3, -0.25) is 4.79 Å². The van der Waals surface area contributed by atoms with Crippen LogP contribution >= 0.6 is 0 Å². The first-order valence-electron chi connectivity index (χ1n) is 10.2. The van der Waals surface area contributed by atoms with Gasteiger partial charge in [0, 0.05) is 12.2 Å². The molecule has 1 atom stereocenters. The number of sulfonamides is 1. The number of rotatable bonds is 5. The van der Waals surface area contributed by atoms with Crippen LogP contribution in [-0.2, 0) is 32.5 Å². The minimum absolute atomic E-state index is 0.0258. The average Bonchev–Trinajstić information content (AvgIpc) is 3.16. The summed E-state index contributed by atoms with van der Waals surface area (Å²) in [5.41, 5.74) is 2.75. The van der Waals surface area contributed by atoms with Crippen LogP contribution in [0.4, 0.5) is 5.69 Å². The second kappa shape index (κ2) is 8.80. The fourth-order valence-electron chi connectivity index (χ4n) is 3.97. The van der Waals surface area contributed by atoms with Crippen LogP contribution in [-0.4, -0.2) is 42.9 Å². The maximum absolute atomic E-state index is 13.6. The number of amides is 1. The Morgan fingerprint density at radius 1 is 1.09 bits per heavy atom. The zero-order chi connectivity index (χ0) is 23.8. The number of aromatic nitrogens is 1. The Hall–Kier alpha value is -3.50. The number of carbonyl (C=O) groups is 2. The van der Waals surface area contributed by atoms with Gasteiger partial charge >= 0.3 is 5.97 Å². The van der Waals surface area contributed by atoms with Crippen LogP contribution in [0.2, 0.25) is 0 Å². The first-order chi connectivity index (χ1) is 15.7. The highest BCUT2D eigenvalue weighted by Crippen LogP contribution is 2.32. The van der Waals surface area contributed by atoms with Crippen molar-refractivity contribution < 1.29 is 27.3 Å². The third-order valence-corrected chi connectivity index (χ3v) is 7.72. The van der Waals surface area contributed by atoms with Gasteiger partial charge < -0.3 is 14.6 Å². The number of fused-ring (bicyclic) bond motifs is 1. The van der Waals surface area contributed by atoms with Crippen LogP contribution in [0.15, 0.2) is 57.9 Å². The summed E-state index contributed by atoms with van der Waals surface area (Å²) in [5, 5.41) is 6.54. The molecule has 0 radical (unpaired) electrons. The fourth-order valence-corrected chi connectivity index (χ4v) is 5.83. The molecule has 1 aliphatic heterocycles. The van der Waals surface area contributed by atoms with Crippen LogP contribution in [0.25, 0.3) is 0 Å². The SMILES string of the molecule is COC(=O)c1ccc(NC(=O)C2Cc3ccccc3CN2S(=O)(=O)c2c(C)noc2C)cc1. The van der Waals surface area contributed by atoms with E-state index in [4.69, 9.17) is 4.52 Å². The molecule has 2 aromatic carbocycles. The molecule has 172 valence electrons. The van der Waals surface area contributed by atoms with Gasteiger partial charge in [-0.25, -0.2) is 13.2 Å². The van der Waals surface area contributed by atoms with E-state index in [9.17, 15) is 18.0 Å². The van der Waals surface area contributed by atoms with Crippen LogP contribution in [0.3, 0.4) is 0 Å². The summed E-state index contributed by atoms with van der Waals surface area (Å²) in [6.45, 7) is 3.13. The molecule has 1 amide bonds. The Morgan fingerprint density at radius 2 is 1.76 bits per heavy atom. The van der Waals surface area contributed by atoms with Crippen molar-refractivity contribution in [3.05, 3.63) is 76.7 Å². The molecule has 1 N–H and O–H groups in total. The van der Waals surface area contributed by atoms with Crippen molar-refractivity contribution in [1.82, 2.24) is 9.46 Å². The van der Waals surface area contributed by atoms with Gasteiger partial charge in [0.15, 0.2) is 5.76 Å². The maximum atomic E-state index is 13.6. The smallest absolute Gasteiger partial charge is 0.337 e. The number of hydrogen-bond acceptors (Lipinski definition) is 7. The number of anilines is 1. The highest BCUT2D eigenvalue weighted by Gasteiger charge is 2.42. The van der Waals surface area contributed by atoms with E-state index in [2.05, 4.69) is 15.2 Å². The predicted octanol–water partition coefficient (Wildman–Crippen LogP) is 2.83. The molecule has 1 unspecified atom stereocenters. The topological polar surface area (TPSA) is 119 Å². The lowest BCUT2D eigenvalue weighted by atomic mass is 9.95. The summed E-state index contributed by atoms with van der Waals surface area (Å²) in [6, 6.07) is 12.6. The zero-order valence-electron chi connectivity index (χ0n) is 18.4. The van der Waals surface area contributed by atoms with Gasteiger partial charge in [-0.2, -0.15) is 4.31 Å². The number of methoxy groups -OCH3 is 1. The third kappa shape index (κ3) is 4.27. The monoisotopic (exact) mass is 469 g/mol. The van der Waals surface area contributed by atoms with Crippen molar-refractivity contribution in [1.29, 1.82) is 0 Å². The Morgan fingerprint density at radius 3 is 2.36 bits per heavy atom. The largest absolute Gasteiger partial charge is 0.465 e. The lowest BCUT2D eigenvalue weighted by Crippen LogP contribution is -2.50. The second-order valence-electron chi connectivity index (χ2n) is 7.75. The number of ether oxygens (including phenoxy) is 1. The molecule has 1 aliphatic rings. The van der Waals surface area contributed by atoms with E-state index in [1.165, 1.54) is 30.5 Å². The van der Waals surface area contributed by atoms with Crippen molar-refractivity contribution in [3.63, 3.8) is 0 Å². The highest BCUT2D eigenvalue weighted by atomic mass is 32.2. The third-order valence-electron chi connectivity index (χ3n) is 5.62. The first kappa shape index (κ1) is 22.7. The van der Waals surface area contributed by atoms with Gasteiger partial charge in [-0.1, -0.05) is 29.4 Å². The van der Waals surface area contributed by atoms with Gasteiger partial charge in [-0.05, 0) is 55.7 Å². The van der Waals surface area contributed by atoms with Crippen molar-refractivity contribution in [2.24, 2.45) is 0 Å². The molecule has 3 aromatic rings. The number of esters is 1. The molecule has 0 saturated heterocycles. The van der Waals surface area contributed by atoms with Crippen LogP contribution in [0.5, 0.6) is 0 Å². The quantitative estimate of drug-likeness (QED) is 0.571. The van der Waals surface area contributed by atoms with Crippen molar-refractivity contribution in [2.75, 3.05) is 12.4 Å². The van der Waals surface area contributed by atoms with E-state index in [1.54, 1.807) is 19.1 Å². The van der Waals surface area contributed by atoms with Gasteiger partial charge in [0.1, 0.15) is 16.6 Å². The standard InChI is InChI=1S/C23H23N3O6S/c1-14-21(15(2)32-25-14)33(29,30)26-13-18-7-5-4-6-17(18)12-20(26)22(27)24-19-10-8-16(9-11-19)23(28)31-3/h4-11,20H,12-13H2,1-3H3,(H,24,27). The summed E-state index contributed by atoms with van der Waals surface area (Å²) in [4.78, 5) is 24.9. The Labute approximate surface area is 191 Å². The van der Waals surface area contributed by atoms with Crippen LogP contribution < -0.4 is 5.32 Å². The normalized spacial score (nSPS) is 16.2.